The van der Waals surface area contributed by atoms with Crippen LogP contribution in [0.4, 0.5) is 4.79 Å². The molecule has 2 aromatic carbocycles. The van der Waals surface area contributed by atoms with Crippen LogP contribution in [0.25, 0.3) is 0 Å². The number of nitrogens with zero attached hydrogens (tertiary/aromatic N) is 1. The van der Waals surface area contributed by atoms with Gasteiger partial charge in [0.2, 0.25) is 0 Å². The Morgan fingerprint density at radius 1 is 1.10 bits per heavy atom. The quantitative estimate of drug-likeness (QED) is 0.572. The van der Waals surface area contributed by atoms with Crippen molar-refractivity contribution in [3.8, 4) is 5.75 Å². The minimum absolute atomic E-state index is 0.0938. The van der Waals surface area contributed by atoms with Gasteiger partial charge in [-0.1, -0.05) is 50.2 Å². The van der Waals surface area contributed by atoms with Gasteiger partial charge in [-0.2, -0.15) is 0 Å². The van der Waals surface area contributed by atoms with Crippen molar-refractivity contribution in [1.82, 2.24) is 10.2 Å². The third-order valence-electron chi connectivity index (χ3n) is 5.27. The van der Waals surface area contributed by atoms with Crippen molar-refractivity contribution in [3.63, 3.8) is 0 Å². The third kappa shape index (κ3) is 4.01. The molecule has 1 N–H and O–H groups in total. The highest BCUT2D eigenvalue weighted by atomic mass is 16.5. The maximum Gasteiger partial charge on any atom is 0.325 e. The summed E-state index contributed by atoms with van der Waals surface area (Å²) in [6.45, 7) is 7.58. The fraction of sp³-hybridized carbons (Fsp3) is 0.348. The number of hydrogen-bond donors (Lipinski definition) is 1. The number of para-hydroxylation sites is 1. The molecule has 1 heterocycles. The van der Waals surface area contributed by atoms with E-state index >= 15 is 0 Å². The molecule has 1 atom stereocenters. The van der Waals surface area contributed by atoms with E-state index in [1.807, 2.05) is 24.3 Å². The Bertz CT molecular complexity index is 936. The number of ketones is 1. The molecule has 1 unspecified atom stereocenters. The molecule has 152 valence electrons. The van der Waals surface area contributed by atoms with E-state index in [0.717, 1.165) is 10.5 Å². The summed E-state index contributed by atoms with van der Waals surface area (Å²) in [6.07, 6.45) is 0. The van der Waals surface area contributed by atoms with Gasteiger partial charge in [0.25, 0.3) is 5.91 Å². The lowest BCUT2D eigenvalue weighted by Gasteiger charge is -2.23. The van der Waals surface area contributed by atoms with Crippen LogP contribution in [0, 0.1) is 0 Å². The summed E-state index contributed by atoms with van der Waals surface area (Å²) < 4.78 is 5.68. The molecule has 3 amide bonds. The van der Waals surface area contributed by atoms with Crippen molar-refractivity contribution in [2.75, 3.05) is 13.2 Å². The van der Waals surface area contributed by atoms with Crippen LogP contribution in [0.3, 0.4) is 0 Å². The topological polar surface area (TPSA) is 75.7 Å². The molecular weight excluding hydrogens is 368 g/mol. The van der Waals surface area contributed by atoms with Crippen LogP contribution in [-0.4, -0.2) is 35.8 Å². The molecule has 1 aliphatic heterocycles. The summed E-state index contributed by atoms with van der Waals surface area (Å²) in [5, 5.41) is 2.80. The van der Waals surface area contributed by atoms with Crippen LogP contribution in [-0.2, 0) is 10.3 Å². The Labute approximate surface area is 170 Å². The highest BCUT2D eigenvalue weighted by Gasteiger charge is 2.48. The number of benzene rings is 2. The lowest BCUT2D eigenvalue weighted by molar-refractivity contribution is -0.131. The monoisotopic (exact) mass is 394 g/mol. The number of carbonyl (C=O) groups is 3. The number of amides is 3. The van der Waals surface area contributed by atoms with Gasteiger partial charge >= 0.3 is 6.03 Å². The van der Waals surface area contributed by atoms with E-state index in [1.165, 1.54) is 12.5 Å². The van der Waals surface area contributed by atoms with E-state index < -0.39 is 11.6 Å². The van der Waals surface area contributed by atoms with E-state index in [1.54, 1.807) is 31.2 Å². The lowest BCUT2D eigenvalue weighted by atomic mass is 9.90. The van der Waals surface area contributed by atoms with Gasteiger partial charge in [-0.25, -0.2) is 4.79 Å². The second kappa shape index (κ2) is 8.07. The summed E-state index contributed by atoms with van der Waals surface area (Å²) in [6, 6.07) is 14.2. The number of urea groups is 1. The van der Waals surface area contributed by atoms with Gasteiger partial charge in [0.1, 0.15) is 17.9 Å². The standard InChI is InChI=1S/C23H26N2O4/c1-15(2)17-9-11-18(12-10-17)23(4)21(27)25(22(28)24-23)13-14-29-20-8-6-5-7-19(20)16(3)26/h5-12,15H,13-14H2,1-4H3,(H,24,28). The van der Waals surface area contributed by atoms with Crippen molar-refractivity contribution in [1.29, 1.82) is 0 Å². The maximum atomic E-state index is 13.0. The predicted octanol–water partition coefficient (Wildman–Crippen LogP) is 3.86. The number of hydrogen-bond acceptors (Lipinski definition) is 4. The molecule has 0 bridgehead atoms. The second-order valence-electron chi connectivity index (χ2n) is 7.69. The largest absolute Gasteiger partial charge is 0.491 e. The van der Waals surface area contributed by atoms with Crippen molar-refractivity contribution < 1.29 is 19.1 Å². The Morgan fingerprint density at radius 2 is 1.76 bits per heavy atom. The molecule has 6 nitrogen and oxygen atoms in total. The Kier molecular flexibility index (Phi) is 5.73. The first kappa shape index (κ1) is 20.6. The normalized spacial score (nSPS) is 18.9. The summed E-state index contributed by atoms with van der Waals surface area (Å²) >= 11 is 0. The molecule has 3 rings (SSSR count). The molecular formula is C23H26N2O4. The number of Topliss-reactive ketones (excluding diaryl/α,β-unsaturated/α-hetero) is 1. The first-order chi connectivity index (χ1) is 13.7. The van der Waals surface area contributed by atoms with Crippen LogP contribution in [0.15, 0.2) is 48.5 Å². The number of rotatable bonds is 7. The van der Waals surface area contributed by atoms with Crippen molar-refractivity contribution in [2.45, 2.75) is 39.2 Å². The van der Waals surface area contributed by atoms with E-state index in [-0.39, 0.29) is 24.8 Å². The third-order valence-corrected chi connectivity index (χ3v) is 5.27. The maximum absolute atomic E-state index is 13.0. The van der Waals surface area contributed by atoms with Crippen LogP contribution in [0.2, 0.25) is 0 Å². The lowest BCUT2D eigenvalue weighted by Crippen LogP contribution is -2.41. The zero-order valence-electron chi connectivity index (χ0n) is 17.2. The van der Waals surface area contributed by atoms with Gasteiger partial charge in [0.05, 0.1) is 12.1 Å². The minimum Gasteiger partial charge on any atom is -0.491 e. The molecule has 0 saturated carbocycles. The first-order valence-electron chi connectivity index (χ1n) is 9.71. The molecule has 2 aromatic rings. The molecule has 1 aliphatic rings. The fourth-order valence-electron chi connectivity index (χ4n) is 3.43. The number of imide groups is 1. The number of ether oxygens (including phenoxy) is 1. The van der Waals surface area contributed by atoms with Gasteiger partial charge in [-0.15, -0.1) is 0 Å². The van der Waals surface area contributed by atoms with Crippen molar-refractivity contribution >= 4 is 17.7 Å². The van der Waals surface area contributed by atoms with Gasteiger partial charge in [0, 0.05) is 0 Å². The number of nitrogens with one attached hydrogen (secondary N) is 1. The van der Waals surface area contributed by atoms with Gasteiger partial charge < -0.3 is 10.1 Å². The SMILES string of the molecule is CC(=O)c1ccccc1OCCN1C(=O)NC(C)(c2ccc(C(C)C)cc2)C1=O. The van der Waals surface area contributed by atoms with E-state index in [2.05, 4.69) is 19.2 Å². The van der Waals surface area contributed by atoms with Gasteiger partial charge in [-0.05, 0) is 43.0 Å². The average Bonchev–Trinajstić information content (AvgIpc) is 2.92. The predicted molar refractivity (Wildman–Crippen MR) is 110 cm³/mol. The molecule has 1 fully saturated rings. The molecule has 29 heavy (non-hydrogen) atoms. The molecule has 0 spiro atoms. The van der Waals surface area contributed by atoms with E-state index in [0.29, 0.717) is 17.2 Å². The zero-order chi connectivity index (χ0) is 21.2. The van der Waals surface area contributed by atoms with Crippen LogP contribution in [0.1, 0.15) is 55.1 Å². The highest BCUT2D eigenvalue weighted by Crippen LogP contribution is 2.30. The Hall–Kier alpha value is -3.15. The van der Waals surface area contributed by atoms with Crippen molar-refractivity contribution in [2.24, 2.45) is 0 Å². The minimum atomic E-state index is -1.11. The smallest absolute Gasteiger partial charge is 0.325 e. The second-order valence-corrected chi connectivity index (χ2v) is 7.69. The molecule has 1 saturated heterocycles. The summed E-state index contributed by atoms with van der Waals surface area (Å²) in [4.78, 5) is 38.3. The number of carbonyl (C=O) groups excluding carboxylic acids is 3. The average molecular weight is 394 g/mol. The van der Waals surface area contributed by atoms with E-state index in [9.17, 15) is 14.4 Å². The summed E-state index contributed by atoms with van der Waals surface area (Å²) in [5.41, 5.74) is 1.28. The zero-order valence-corrected chi connectivity index (χ0v) is 17.2. The molecule has 0 radical (unpaired) electrons. The van der Waals surface area contributed by atoms with Crippen LogP contribution < -0.4 is 10.1 Å². The Balaban J connectivity index is 1.70. The van der Waals surface area contributed by atoms with Crippen molar-refractivity contribution in [3.05, 3.63) is 65.2 Å². The highest BCUT2D eigenvalue weighted by molar-refractivity contribution is 6.07. The molecule has 0 aromatic heterocycles. The Morgan fingerprint density at radius 3 is 2.38 bits per heavy atom. The van der Waals surface area contributed by atoms with Crippen LogP contribution in [0.5, 0.6) is 5.75 Å². The fourth-order valence-corrected chi connectivity index (χ4v) is 3.43. The van der Waals surface area contributed by atoms with Crippen LogP contribution >= 0.6 is 0 Å². The molecule has 6 heteroatoms. The first-order valence-corrected chi connectivity index (χ1v) is 9.71. The van der Waals surface area contributed by atoms with Gasteiger partial charge in [-0.3, -0.25) is 14.5 Å². The summed E-state index contributed by atoms with van der Waals surface area (Å²) in [7, 11) is 0. The van der Waals surface area contributed by atoms with E-state index in [4.69, 9.17) is 4.74 Å². The van der Waals surface area contributed by atoms with Gasteiger partial charge in [0.15, 0.2) is 5.78 Å². The summed E-state index contributed by atoms with van der Waals surface area (Å²) in [5.74, 6) is 0.410. The molecule has 0 aliphatic carbocycles.